The molecule has 0 aliphatic carbocycles. The van der Waals surface area contributed by atoms with Crippen LogP contribution in [-0.2, 0) is 19.1 Å². The summed E-state index contributed by atoms with van der Waals surface area (Å²) in [6.07, 6.45) is 1.23. The molecule has 0 aromatic heterocycles. The van der Waals surface area contributed by atoms with E-state index in [0.29, 0.717) is 11.1 Å². The number of carbonyl (C=O) groups excluding carboxylic acids is 2. The molecule has 0 saturated carbocycles. The molecule has 0 N–H and O–H groups in total. The summed E-state index contributed by atoms with van der Waals surface area (Å²) in [6.45, 7) is 4.46. The number of aryl methyl sites for hydroxylation is 1. The summed E-state index contributed by atoms with van der Waals surface area (Å²) in [4.78, 5) is 23.6. The van der Waals surface area contributed by atoms with Crippen LogP contribution in [-0.4, -0.2) is 17.7 Å². The molecule has 2 rings (SSSR count). The third-order valence-electron chi connectivity index (χ3n) is 2.69. The highest BCUT2D eigenvalue weighted by Gasteiger charge is 2.38. The van der Waals surface area contributed by atoms with Gasteiger partial charge in [0, 0.05) is 13.8 Å². The van der Waals surface area contributed by atoms with Gasteiger partial charge < -0.3 is 9.47 Å². The van der Waals surface area contributed by atoms with Gasteiger partial charge in [-0.15, -0.1) is 0 Å². The van der Waals surface area contributed by atoms with Gasteiger partial charge in [-0.1, -0.05) is 11.6 Å². The first-order chi connectivity index (χ1) is 9.19. The van der Waals surface area contributed by atoms with Crippen LogP contribution in [0.5, 0.6) is 0 Å². The molecule has 1 aromatic rings. The number of carbonyl (C=O) groups is 2. The van der Waals surface area contributed by atoms with Gasteiger partial charge in [0.2, 0.25) is 0 Å². The number of hydrogen-bond acceptors (Lipinski definition) is 4. The van der Waals surface area contributed by atoms with E-state index in [-0.39, 0.29) is 10.6 Å². The second-order valence-corrected chi connectivity index (χ2v) is 5.27. The van der Waals surface area contributed by atoms with Crippen LogP contribution < -0.4 is 0 Å². The van der Waals surface area contributed by atoms with Crippen molar-refractivity contribution in [2.75, 3.05) is 0 Å². The molecule has 0 bridgehead atoms. The molecular formula is C14H12ClFO4. The molecule has 0 radical (unpaired) electrons. The van der Waals surface area contributed by atoms with Gasteiger partial charge >= 0.3 is 11.9 Å². The monoisotopic (exact) mass is 298 g/mol. The molecule has 0 spiro atoms. The third-order valence-corrected chi connectivity index (χ3v) is 3.02. The third kappa shape index (κ3) is 2.82. The Morgan fingerprint density at radius 1 is 1.20 bits per heavy atom. The fourth-order valence-electron chi connectivity index (χ4n) is 1.72. The first kappa shape index (κ1) is 14.5. The predicted molar refractivity (Wildman–Crippen MR) is 70.4 cm³/mol. The number of esters is 2. The highest BCUT2D eigenvalue weighted by Crippen LogP contribution is 2.27. The normalized spacial score (nSPS) is 17.6. The highest BCUT2D eigenvalue weighted by atomic mass is 35.5. The molecule has 1 heterocycles. The van der Waals surface area contributed by atoms with Crippen LogP contribution in [0.15, 0.2) is 17.7 Å². The zero-order valence-corrected chi connectivity index (χ0v) is 11.9. The van der Waals surface area contributed by atoms with Crippen molar-refractivity contribution in [2.45, 2.75) is 26.6 Å². The number of hydrogen-bond donors (Lipinski definition) is 0. The lowest BCUT2D eigenvalue weighted by Gasteiger charge is -2.29. The van der Waals surface area contributed by atoms with E-state index >= 15 is 0 Å². The zero-order chi connectivity index (χ0) is 15.1. The minimum Gasteiger partial charge on any atom is -0.419 e. The minimum absolute atomic E-state index is 0.0889. The van der Waals surface area contributed by atoms with E-state index in [9.17, 15) is 14.0 Å². The maximum atomic E-state index is 13.3. The summed E-state index contributed by atoms with van der Waals surface area (Å²) in [5.74, 6) is -3.37. The van der Waals surface area contributed by atoms with Crippen LogP contribution >= 0.6 is 11.6 Å². The highest BCUT2D eigenvalue weighted by molar-refractivity contribution is 6.32. The SMILES string of the molecule is Cc1cc(C=C2C(=O)OC(C)(C)OC2=O)c(Cl)cc1F. The van der Waals surface area contributed by atoms with Crippen molar-refractivity contribution in [3.05, 3.63) is 39.7 Å². The first-order valence-corrected chi connectivity index (χ1v) is 6.21. The number of cyclic esters (lactones) is 2. The quantitative estimate of drug-likeness (QED) is 0.454. The topological polar surface area (TPSA) is 52.6 Å². The maximum Gasteiger partial charge on any atom is 0.348 e. The second-order valence-electron chi connectivity index (χ2n) is 4.86. The maximum absolute atomic E-state index is 13.3. The lowest BCUT2D eigenvalue weighted by molar-refractivity contribution is -0.222. The lowest BCUT2D eigenvalue weighted by Crippen LogP contribution is -2.41. The van der Waals surface area contributed by atoms with Crippen LogP contribution in [0, 0.1) is 12.7 Å². The standard InChI is InChI=1S/C14H12ClFO4/c1-7-4-8(10(15)6-11(7)16)5-9-12(17)19-14(2,3)20-13(9)18/h4-6H,1-3H3. The van der Waals surface area contributed by atoms with Crippen molar-refractivity contribution < 1.29 is 23.5 Å². The lowest BCUT2D eigenvalue weighted by atomic mass is 10.1. The molecule has 1 aliphatic heterocycles. The Morgan fingerprint density at radius 3 is 2.30 bits per heavy atom. The van der Waals surface area contributed by atoms with Gasteiger partial charge in [-0.2, -0.15) is 0 Å². The van der Waals surface area contributed by atoms with Crippen molar-refractivity contribution in [3.63, 3.8) is 0 Å². The average molecular weight is 299 g/mol. The fraction of sp³-hybridized carbons (Fsp3) is 0.286. The van der Waals surface area contributed by atoms with Gasteiger partial charge in [0.25, 0.3) is 5.79 Å². The van der Waals surface area contributed by atoms with Crippen LogP contribution in [0.2, 0.25) is 5.02 Å². The molecule has 1 aromatic carbocycles. The predicted octanol–water partition coefficient (Wildman–Crippen LogP) is 3.01. The van der Waals surface area contributed by atoms with Gasteiger partial charge in [0.05, 0.1) is 5.02 Å². The Kier molecular flexibility index (Phi) is 3.56. The summed E-state index contributed by atoms with van der Waals surface area (Å²) in [5.41, 5.74) is 0.408. The molecule has 0 unspecified atom stereocenters. The summed E-state index contributed by atoms with van der Waals surface area (Å²) < 4.78 is 23.2. The molecule has 1 saturated heterocycles. The van der Waals surface area contributed by atoms with E-state index < -0.39 is 23.5 Å². The molecule has 6 heteroatoms. The van der Waals surface area contributed by atoms with E-state index in [1.807, 2.05) is 0 Å². The Bertz CT molecular complexity index is 612. The van der Waals surface area contributed by atoms with Gasteiger partial charge in [0.1, 0.15) is 11.4 Å². The molecule has 1 aliphatic rings. The molecule has 4 nitrogen and oxygen atoms in total. The van der Waals surface area contributed by atoms with E-state index in [2.05, 4.69) is 0 Å². The smallest absolute Gasteiger partial charge is 0.348 e. The van der Waals surface area contributed by atoms with E-state index in [1.54, 1.807) is 6.92 Å². The van der Waals surface area contributed by atoms with Crippen LogP contribution in [0.1, 0.15) is 25.0 Å². The van der Waals surface area contributed by atoms with Gasteiger partial charge in [-0.3, -0.25) is 0 Å². The Labute approximate surface area is 120 Å². The van der Waals surface area contributed by atoms with E-state index in [0.717, 1.165) is 6.07 Å². The minimum atomic E-state index is -1.30. The molecule has 0 amide bonds. The molecule has 0 atom stereocenters. The number of rotatable bonds is 1. The number of halogens is 2. The van der Waals surface area contributed by atoms with Gasteiger partial charge in [-0.25, -0.2) is 14.0 Å². The fourth-order valence-corrected chi connectivity index (χ4v) is 1.93. The average Bonchev–Trinajstić information content (AvgIpc) is 2.28. The van der Waals surface area contributed by atoms with E-state index in [4.69, 9.17) is 21.1 Å². The van der Waals surface area contributed by atoms with Crippen molar-refractivity contribution in [3.8, 4) is 0 Å². The van der Waals surface area contributed by atoms with Crippen molar-refractivity contribution in [2.24, 2.45) is 0 Å². The van der Waals surface area contributed by atoms with Gasteiger partial charge in [0.15, 0.2) is 0 Å². The Morgan fingerprint density at radius 2 is 1.75 bits per heavy atom. The van der Waals surface area contributed by atoms with Gasteiger partial charge in [-0.05, 0) is 36.3 Å². The largest absolute Gasteiger partial charge is 0.419 e. The molecule has 20 heavy (non-hydrogen) atoms. The summed E-state index contributed by atoms with van der Waals surface area (Å²) in [5, 5.41) is 0.0889. The summed E-state index contributed by atoms with van der Waals surface area (Å²) in [7, 11) is 0. The van der Waals surface area contributed by atoms with Crippen LogP contribution in [0.3, 0.4) is 0 Å². The van der Waals surface area contributed by atoms with Crippen molar-refractivity contribution in [1.82, 2.24) is 0 Å². The molecular weight excluding hydrogens is 287 g/mol. The number of ether oxygens (including phenoxy) is 2. The van der Waals surface area contributed by atoms with Crippen LogP contribution in [0.25, 0.3) is 6.08 Å². The Balaban J connectivity index is 2.43. The Hall–Kier alpha value is -1.88. The number of benzene rings is 1. The zero-order valence-electron chi connectivity index (χ0n) is 11.1. The van der Waals surface area contributed by atoms with Crippen LogP contribution in [0.4, 0.5) is 4.39 Å². The van der Waals surface area contributed by atoms with Crippen molar-refractivity contribution >= 4 is 29.6 Å². The first-order valence-electron chi connectivity index (χ1n) is 5.83. The molecule has 1 fully saturated rings. The van der Waals surface area contributed by atoms with E-state index in [1.165, 1.54) is 26.0 Å². The second kappa shape index (κ2) is 4.90. The van der Waals surface area contributed by atoms with Crippen molar-refractivity contribution in [1.29, 1.82) is 0 Å². The summed E-state index contributed by atoms with van der Waals surface area (Å²) in [6, 6.07) is 2.55. The summed E-state index contributed by atoms with van der Waals surface area (Å²) >= 11 is 5.88. The molecule has 106 valence electrons.